The van der Waals surface area contributed by atoms with Crippen LogP contribution >= 0.6 is 0 Å². The summed E-state index contributed by atoms with van der Waals surface area (Å²) >= 11 is 0. The van der Waals surface area contributed by atoms with Crippen LogP contribution in [0.3, 0.4) is 0 Å². The minimum absolute atomic E-state index is 0.124. The van der Waals surface area contributed by atoms with Gasteiger partial charge in [0, 0.05) is 51.5 Å². The average molecular weight is 865 g/mol. The lowest BCUT2D eigenvalue weighted by Gasteiger charge is -2.42. The van der Waals surface area contributed by atoms with Crippen molar-refractivity contribution in [1.82, 2.24) is 4.98 Å². The molecule has 3 atom stereocenters. The lowest BCUT2D eigenvalue weighted by Crippen LogP contribution is -2.30. The second-order valence-corrected chi connectivity index (χ2v) is 20.2. The Labute approximate surface area is 393 Å². The van der Waals surface area contributed by atoms with Crippen LogP contribution in [0.25, 0.3) is 43.6 Å². The fourth-order valence-corrected chi connectivity index (χ4v) is 12.4. The molecule has 9 aromatic rings. The topological polar surface area (TPSA) is 31.7 Å². The zero-order valence-corrected chi connectivity index (χ0v) is 38.7. The van der Waals surface area contributed by atoms with Gasteiger partial charge in [-0.2, -0.15) is 0 Å². The zero-order valence-electron chi connectivity index (χ0n) is 38.7. The van der Waals surface area contributed by atoms with Gasteiger partial charge in [-0.05, 0) is 128 Å². The molecule has 1 aromatic heterocycles. The Hall–Kier alpha value is -7.56. The van der Waals surface area contributed by atoms with E-state index >= 15 is 0 Å². The summed E-state index contributed by atoms with van der Waals surface area (Å²) < 4.78 is 0. The summed E-state index contributed by atoms with van der Waals surface area (Å²) in [6.07, 6.45) is 12.2. The van der Waals surface area contributed by atoms with E-state index in [4.69, 9.17) is 9.98 Å². The van der Waals surface area contributed by atoms with E-state index in [1.165, 1.54) is 83.1 Å². The van der Waals surface area contributed by atoms with Crippen LogP contribution in [0, 0.1) is 11.8 Å². The van der Waals surface area contributed by atoms with Gasteiger partial charge in [-0.15, -0.1) is 0 Å². The fraction of sp³-hybridized carbons (Fsp3) is 0.175. The van der Waals surface area contributed by atoms with Gasteiger partial charge in [0.15, 0.2) is 0 Å². The minimum atomic E-state index is -0.167. The van der Waals surface area contributed by atoms with Crippen molar-refractivity contribution in [1.29, 1.82) is 0 Å². The molecule has 8 aromatic carbocycles. The van der Waals surface area contributed by atoms with E-state index < -0.39 is 0 Å². The number of hydrogen-bond donors (Lipinski definition) is 0. The highest BCUT2D eigenvalue weighted by atomic mass is 15.2. The van der Waals surface area contributed by atoms with Gasteiger partial charge in [0.05, 0.1) is 34.5 Å². The number of allylic oxidation sites excluding steroid dienone is 2. The van der Waals surface area contributed by atoms with Gasteiger partial charge in [0.2, 0.25) is 0 Å². The molecule has 4 heteroatoms. The lowest BCUT2D eigenvalue weighted by molar-refractivity contribution is 0.521. The largest absolute Gasteiger partial charge is 0.310 e. The predicted molar refractivity (Wildman–Crippen MR) is 282 cm³/mol. The molecule has 0 spiro atoms. The summed E-state index contributed by atoms with van der Waals surface area (Å²) in [6, 6.07) is 61.0. The van der Waals surface area contributed by atoms with Crippen molar-refractivity contribution in [2.24, 2.45) is 16.8 Å². The molecular formula is C63H52N4. The Bertz CT molecular complexity index is 3520. The van der Waals surface area contributed by atoms with Gasteiger partial charge < -0.3 is 9.80 Å². The van der Waals surface area contributed by atoms with Crippen molar-refractivity contribution < 1.29 is 0 Å². The average Bonchev–Trinajstić information content (AvgIpc) is 3.35. The number of nitrogens with zero attached hydrogens (tertiary/aromatic N) is 4. The molecule has 4 nitrogen and oxygen atoms in total. The van der Waals surface area contributed by atoms with Gasteiger partial charge in [0.1, 0.15) is 0 Å². The van der Waals surface area contributed by atoms with Crippen molar-refractivity contribution in [3.05, 3.63) is 222 Å². The summed E-state index contributed by atoms with van der Waals surface area (Å²) in [7, 11) is 0. The first kappa shape index (κ1) is 39.8. The summed E-state index contributed by atoms with van der Waals surface area (Å²) in [4.78, 5) is 15.8. The SMILES string of the molecule is CC1C=CC2C(=CC=NC2c2c3ccc(N4c5ccccc5C(C)(C)c5ccccc54)cc3c(-c3nccc4ccccc34)c3ccc(N4c5ccccc5C(C)(C)c5ccccc54)cc23)C1. The van der Waals surface area contributed by atoms with Crippen molar-refractivity contribution in [3.8, 4) is 11.3 Å². The van der Waals surface area contributed by atoms with Crippen molar-refractivity contribution in [2.45, 2.75) is 57.9 Å². The van der Waals surface area contributed by atoms with Crippen LogP contribution in [0.1, 0.15) is 74.9 Å². The molecule has 1 aliphatic carbocycles. The van der Waals surface area contributed by atoms with E-state index in [-0.39, 0.29) is 22.8 Å². The number of fused-ring (bicyclic) bond motifs is 8. The molecule has 0 bridgehead atoms. The van der Waals surface area contributed by atoms with E-state index in [1.807, 2.05) is 6.20 Å². The molecule has 67 heavy (non-hydrogen) atoms. The van der Waals surface area contributed by atoms with E-state index in [1.54, 1.807) is 0 Å². The highest BCUT2D eigenvalue weighted by molar-refractivity contribution is 6.19. The molecule has 3 aliphatic heterocycles. The Morgan fingerprint density at radius 2 is 1.03 bits per heavy atom. The molecule has 4 aliphatic rings. The number of para-hydroxylation sites is 4. The van der Waals surface area contributed by atoms with Crippen molar-refractivity contribution >= 4 is 72.7 Å². The van der Waals surface area contributed by atoms with Crippen LogP contribution in [0.5, 0.6) is 0 Å². The maximum absolute atomic E-state index is 5.49. The monoisotopic (exact) mass is 864 g/mol. The van der Waals surface area contributed by atoms with Crippen LogP contribution in [-0.4, -0.2) is 11.2 Å². The van der Waals surface area contributed by atoms with E-state index in [0.717, 1.165) is 34.4 Å². The standard InChI is InChI=1S/C63H52N4/c1-39-26-29-45-41(36-39)33-35-65-61(45)59-47-31-28-42(66-54-22-12-8-18-50(54)62(2,3)51-19-9-13-23-55(51)66)37-48(47)58(60-44-17-7-6-16-40(44)32-34-64-60)46-30-27-43(38-49(46)59)67-56-24-14-10-20-52(56)63(4,5)53-21-11-15-25-57(53)67/h6-35,37-39,45,61H,36H2,1-5H3. The molecule has 0 saturated heterocycles. The number of rotatable bonds is 4. The second-order valence-electron chi connectivity index (χ2n) is 20.2. The minimum Gasteiger partial charge on any atom is -0.310 e. The second kappa shape index (κ2) is 14.7. The first-order valence-corrected chi connectivity index (χ1v) is 23.9. The number of aliphatic imine (C=N–C) groups is 1. The first-order chi connectivity index (χ1) is 32.7. The van der Waals surface area contributed by atoms with Crippen molar-refractivity contribution in [2.75, 3.05) is 9.80 Å². The summed E-state index contributed by atoms with van der Waals surface area (Å²) in [5.74, 6) is 0.638. The van der Waals surface area contributed by atoms with Gasteiger partial charge in [-0.25, -0.2) is 0 Å². The summed E-state index contributed by atoms with van der Waals surface area (Å²) in [6.45, 7) is 11.8. The number of pyridine rings is 1. The van der Waals surface area contributed by atoms with E-state index in [0.29, 0.717) is 5.92 Å². The van der Waals surface area contributed by atoms with Crippen LogP contribution in [0.4, 0.5) is 34.1 Å². The number of hydrogen-bond acceptors (Lipinski definition) is 4. The highest BCUT2D eigenvalue weighted by Crippen LogP contribution is 2.56. The van der Waals surface area contributed by atoms with Gasteiger partial charge in [0.25, 0.3) is 0 Å². The molecule has 0 saturated carbocycles. The van der Waals surface area contributed by atoms with Gasteiger partial charge >= 0.3 is 0 Å². The molecule has 13 rings (SSSR count). The molecular weight excluding hydrogens is 813 g/mol. The molecule has 3 unspecified atom stereocenters. The van der Waals surface area contributed by atoms with Gasteiger partial charge in [-0.3, -0.25) is 9.98 Å². The third kappa shape index (κ3) is 5.85. The van der Waals surface area contributed by atoms with Crippen molar-refractivity contribution in [3.63, 3.8) is 0 Å². The Morgan fingerprint density at radius 1 is 0.507 bits per heavy atom. The molecule has 0 fully saturated rings. The Balaban J connectivity index is 1.15. The summed E-state index contributed by atoms with van der Waals surface area (Å²) in [5, 5.41) is 7.05. The molecule has 0 N–H and O–H groups in total. The maximum Gasteiger partial charge on any atom is 0.0860 e. The fourth-order valence-electron chi connectivity index (χ4n) is 12.4. The van der Waals surface area contributed by atoms with Gasteiger partial charge in [-0.1, -0.05) is 162 Å². The smallest absolute Gasteiger partial charge is 0.0860 e. The quantitative estimate of drug-likeness (QED) is 0.130. The third-order valence-corrected chi connectivity index (χ3v) is 15.6. The third-order valence-electron chi connectivity index (χ3n) is 15.6. The molecule has 0 amide bonds. The Kier molecular flexibility index (Phi) is 8.74. The van der Waals surface area contributed by atoms with E-state index in [2.05, 4.69) is 233 Å². The normalized spacial score (nSPS) is 19.7. The highest BCUT2D eigenvalue weighted by Gasteiger charge is 2.39. The number of anilines is 6. The lowest BCUT2D eigenvalue weighted by atomic mass is 9.73. The zero-order chi connectivity index (χ0) is 45.2. The predicted octanol–water partition coefficient (Wildman–Crippen LogP) is 16.7. The summed E-state index contributed by atoms with van der Waals surface area (Å²) in [5.41, 5.74) is 16.9. The Morgan fingerprint density at radius 3 is 1.63 bits per heavy atom. The molecule has 0 radical (unpaired) electrons. The van der Waals surface area contributed by atoms with E-state index in [9.17, 15) is 0 Å². The van der Waals surface area contributed by atoms with Crippen LogP contribution < -0.4 is 9.80 Å². The van der Waals surface area contributed by atoms with Crippen LogP contribution in [-0.2, 0) is 10.8 Å². The molecule has 324 valence electrons. The van der Waals surface area contributed by atoms with Crippen LogP contribution in [0.2, 0.25) is 0 Å². The molecule has 4 heterocycles. The number of dihydropyridines is 1. The number of benzene rings is 8. The first-order valence-electron chi connectivity index (χ1n) is 23.9. The van der Waals surface area contributed by atoms with Crippen LogP contribution in [0.15, 0.2) is 199 Å². The maximum atomic E-state index is 5.49. The number of aromatic nitrogens is 1.